The fourth-order valence-electron chi connectivity index (χ4n) is 3.08. The van der Waals surface area contributed by atoms with Crippen molar-refractivity contribution < 1.29 is 14.7 Å². The molecule has 0 fully saturated rings. The van der Waals surface area contributed by atoms with E-state index in [1.54, 1.807) is 0 Å². The minimum absolute atomic E-state index is 0.0435. The highest BCUT2D eigenvalue weighted by molar-refractivity contribution is 9.10. The number of rotatable bonds is 2. The van der Waals surface area contributed by atoms with Crippen LogP contribution in [0.2, 0.25) is 0 Å². The van der Waals surface area contributed by atoms with Gasteiger partial charge in [0.25, 0.3) is 0 Å². The maximum Gasteiger partial charge on any atom is 0.326 e. The van der Waals surface area contributed by atoms with Crippen LogP contribution in [0.3, 0.4) is 0 Å². The van der Waals surface area contributed by atoms with Crippen LogP contribution in [0, 0.1) is 5.92 Å². The van der Waals surface area contributed by atoms with Crippen LogP contribution in [-0.2, 0) is 22.6 Å². The number of carbonyl (C=O) groups is 2. The van der Waals surface area contributed by atoms with Crippen molar-refractivity contribution in [3.05, 3.63) is 46.0 Å². The fourth-order valence-corrected chi connectivity index (χ4v) is 3.65. The molecule has 0 saturated carbocycles. The van der Waals surface area contributed by atoms with Gasteiger partial charge in [-0.2, -0.15) is 0 Å². The van der Waals surface area contributed by atoms with E-state index in [0.717, 1.165) is 15.6 Å². The average molecular weight is 350 g/mol. The Balaban J connectivity index is 1.92. The zero-order valence-corrected chi connectivity index (χ0v) is 13.0. The minimum Gasteiger partial charge on any atom is -0.480 e. The molecule has 110 valence electrons. The van der Waals surface area contributed by atoms with Gasteiger partial charge in [-0.3, -0.25) is 4.79 Å². The molecule has 1 aromatic rings. The molecule has 0 radical (unpaired) electrons. The third kappa shape index (κ3) is 2.62. The second kappa shape index (κ2) is 5.64. The second-order valence-corrected chi connectivity index (χ2v) is 6.40. The van der Waals surface area contributed by atoms with E-state index in [1.165, 1.54) is 4.90 Å². The van der Waals surface area contributed by atoms with Crippen LogP contribution >= 0.6 is 15.9 Å². The van der Waals surface area contributed by atoms with Gasteiger partial charge in [0, 0.05) is 23.4 Å². The third-order valence-corrected chi connectivity index (χ3v) is 5.00. The lowest BCUT2D eigenvalue weighted by atomic mass is 9.92. The van der Waals surface area contributed by atoms with Gasteiger partial charge >= 0.3 is 5.97 Å². The van der Waals surface area contributed by atoms with Crippen LogP contribution < -0.4 is 0 Å². The smallest absolute Gasteiger partial charge is 0.326 e. The van der Waals surface area contributed by atoms with Crippen LogP contribution in [0.1, 0.15) is 24.0 Å². The Labute approximate surface area is 131 Å². The molecule has 21 heavy (non-hydrogen) atoms. The van der Waals surface area contributed by atoms with E-state index in [4.69, 9.17) is 0 Å². The highest BCUT2D eigenvalue weighted by atomic mass is 79.9. The normalized spacial score (nSPS) is 21.4. The number of aliphatic carboxylic acids is 1. The first-order valence-electron chi connectivity index (χ1n) is 7.02. The second-order valence-electron chi connectivity index (χ2n) is 5.54. The molecule has 1 unspecified atom stereocenters. The maximum absolute atomic E-state index is 12.6. The van der Waals surface area contributed by atoms with Crippen molar-refractivity contribution in [2.45, 2.75) is 31.8 Å². The SMILES string of the molecule is O=C(O)C1Cc2c(Br)cccc2CN1C(=O)C1CC=CC1. The van der Waals surface area contributed by atoms with Gasteiger partial charge in [-0.1, -0.05) is 40.2 Å². The Kier molecular flexibility index (Phi) is 3.85. The van der Waals surface area contributed by atoms with Crippen LogP contribution in [0.5, 0.6) is 0 Å². The first-order chi connectivity index (χ1) is 10.1. The van der Waals surface area contributed by atoms with Crippen LogP contribution in [0.25, 0.3) is 0 Å². The number of hydrogen-bond acceptors (Lipinski definition) is 2. The van der Waals surface area contributed by atoms with Crippen LogP contribution in [-0.4, -0.2) is 27.9 Å². The maximum atomic E-state index is 12.6. The molecule has 0 aromatic heterocycles. The Morgan fingerprint density at radius 1 is 1.24 bits per heavy atom. The molecule has 4 nitrogen and oxygen atoms in total. The summed E-state index contributed by atoms with van der Waals surface area (Å²) in [5.41, 5.74) is 2.03. The predicted molar refractivity (Wildman–Crippen MR) is 81.7 cm³/mol. The van der Waals surface area contributed by atoms with E-state index < -0.39 is 12.0 Å². The summed E-state index contributed by atoms with van der Waals surface area (Å²) in [4.78, 5) is 25.7. The lowest BCUT2D eigenvalue weighted by Crippen LogP contribution is -2.50. The van der Waals surface area contributed by atoms with Gasteiger partial charge in [0.15, 0.2) is 0 Å². The van der Waals surface area contributed by atoms with E-state index in [9.17, 15) is 14.7 Å². The minimum atomic E-state index is -0.935. The van der Waals surface area contributed by atoms with Gasteiger partial charge in [0.1, 0.15) is 6.04 Å². The molecule has 1 N–H and O–H groups in total. The Morgan fingerprint density at radius 3 is 2.62 bits per heavy atom. The van der Waals surface area contributed by atoms with Gasteiger partial charge < -0.3 is 10.0 Å². The zero-order valence-electron chi connectivity index (χ0n) is 11.5. The molecule has 3 rings (SSSR count). The molecular weight excluding hydrogens is 334 g/mol. The van der Waals surface area contributed by atoms with Crippen molar-refractivity contribution in [3.63, 3.8) is 0 Å². The first-order valence-corrected chi connectivity index (χ1v) is 7.81. The number of halogens is 1. The summed E-state index contributed by atoms with van der Waals surface area (Å²) in [7, 11) is 0. The number of nitrogens with zero attached hydrogens (tertiary/aromatic N) is 1. The van der Waals surface area contributed by atoms with Crippen molar-refractivity contribution in [1.82, 2.24) is 4.90 Å². The average Bonchev–Trinajstić information content (AvgIpc) is 2.99. The number of allylic oxidation sites excluding steroid dienone is 2. The zero-order chi connectivity index (χ0) is 15.0. The quantitative estimate of drug-likeness (QED) is 0.835. The first kappa shape index (κ1) is 14.3. The molecule has 1 amide bonds. The summed E-state index contributed by atoms with van der Waals surface area (Å²) in [6.45, 7) is 0.376. The lowest BCUT2D eigenvalue weighted by molar-refractivity contribution is -0.153. The number of fused-ring (bicyclic) bond motifs is 1. The number of benzene rings is 1. The van der Waals surface area contributed by atoms with Crippen molar-refractivity contribution in [1.29, 1.82) is 0 Å². The largest absolute Gasteiger partial charge is 0.480 e. The molecule has 1 aliphatic heterocycles. The van der Waals surface area contributed by atoms with E-state index >= 15 is 0 Å². The standard InChI is InChI=1S/C16H16BrNO3/c17-13-7-3-6-11-9-18(14(16(20)21)8-12(11)13)15(19)10-4-1-2-5-10/h1-3,6-7,10,14H,4-5,8-9H2,(H,20,21). The topological polar surface area (TPSA) is 57.6 Å². The highest BCUT2D eigenvalue weighted by Gasteiger charge is 2.37. The Hall–Kier alpha value is -1.62. The third-order valence-electron chi connectivity index (χ3n) is 4.26. The molecule has 1 atom stereocenters. The van der Waals surface area contributed by atoms with E-state index in [-0.39, 0.29) is 11.8 Å². The molecule has 5 heteroatoms. The predicted octanol–water partition coefficient (Wildman–Crippen LogP) is 2.75. The summed E-state index contributed by atoms with van der Waals surface area (Å²) in [5.74, 6) is -1.07. The van der Waals surface area contributed by atoms with Gasteiger partial charge in [-0.25, -0.2) is 4.79 Å². The lowest BCUT2D eigenvalue weighted by Gasteiger charge is -2.36. The monoisotopic (exact) mass is 349 g/mol. The number of amides is 1. The fraction of sp³-hybridized carbons (Fsp3) is 0.375. The number of carbonyl (C=O) groups excluding carboxylic acids is 1. The van der Waals surface area contributed by atoms with E-state index in [0.29, 0.717) is 25.8 Å². The summed E-state index contributed by atoms with van der Waals surface area (Å²) >= 11 is 3.48. The van der Waals surface area contributed by atoms with Crippen molar-refractivity contribution in [2.75, 3.05) is 0 Å². The molecule has 0 bridgehead atoms. The van der Waals surface area contributed by atoms with Crippen molar-refractivity contribution >= 4 is 27.8 Å². The number of carboxylic acid groups (broad SMARTS) is 1. The highest BCUT2D eigenvalue weighted by Crippen LogP contribution is 2.32. The number of hydrogen-bond donors (Lipinski definition) is 1. The van der Waals surface area contributed by atoms with Gasteiger partial charge in [-0.15, -0.1) is 0 Å². The van der Waals surface area contributed by atoms with E-state index in [1.807, 2.05) is 30.4 Å². The van der Waals surface area contributed by atoms with Gasteiger partial charge in [0.2, 0.25) is 5.91 Å². The Morgan fingerprint density at radius 2 is 1.95 bits per heavy atom. The number of carboxylic acids is 1. The summed E-state index contributed by atoms with van der Waals surface area (Å²) < 4.78 is 0.917. The van der Waals surface area contributed by atoms with Crippen LogP contribution in [0.15, 0.2) is 34.8 Å². The summed E-state index contributed by atoms with van der Waals surface area (Å²) in [5, 5.41) is 9.49. The van der Waals surface area contributed by atoms with Crippen molar-refractivity contribution in [2.24, 2.45) is 5.92 Å². The summed E-state index contributed by atoms with van der Waals surface area (Å²) in [6, 6.07) is 5.02. The molecule has 0 spiro atoms. The molecule has 1 heterocycles. The van der Waals surface area contributed by atoms with Gasteiger partial charge in [0.05, 0.1) is 0 Å². The van der Waals surface area contributed by atoms with Crippen molar-refractivity contribution in [3.8, 4) is 0 Å². The van der Waals surface area contributed by atoms with E-state index in [2.05, 4.69) is 15.9 Å². The Bertz CT molecular complexity index is 618. The van der Waals surface area contributed by atoms with Crippen LogP contribution in [0.4, 0.5) is 0 Å². The molecule has 1 aromatic carbocycles. The van der Waals surface area contributed by atoms with Gasteiger partial charge in [-0.05, 0) is 30.0 Å². The molecule has 1 aliphatic carbocycles. The molecule has 2 aliphatic rings. The summed E-state index contributed by atoms with van der Waals surface area (Å²) in [6.07, 6.45) is 5.78. The molecule has 0 saturated heterocycles. The molecular formula is C16H16BrNO3.